The van der Waals surface area contributed by atoms with Gasteiger partial charge in [0.05, 0.1) is 5.39 Å². The normalized spacial score (nSPS) is 19.9. The van der Waals surface area contributed by atoms with Gasteiger partial charge in [0.1, 0.15) is 0 Å². The Morgan fingerprint density at radius 3 is 2.54 bits per heavy atom. The number of hydrogen-bond donors (Lipinski definition) is 0. The lowest BCUT2D eigenvalue weighted by atomic mass is 9.97. The number of amides is 1. The van der Waals surface area contributed by atoms with Crippen LogP contribution < -0.4 is 10.5 Å². The van der Waals surface area contributed by atoms with E-state index in [0.29, 0.717) is 39.7 Å². The average Bonchev–Trinajstić information content (AvgIpc) is 2.90. The number of fused-ring (bicyclic) bond motifs is 1. The van der Waals surface area contributed by atoms with Crippen molar-refractivity contribution in [1.82, 2.24) is 24.3 Å². The van der Waals surface area contributed by atoms with Crippen molar-refractivity contribution in [3.05, 3.63) is 63.5 Å². The van der Waals surface area contributed by atoms with Crippen LogP contribution in [0, 0.1) is 0 Å². The zero-order chi connectivity index (χ0) is 24.5. The summed E-state index contributed by atoms with van der Waals surface area (Å²) in [6.45, 7) is 6.27. The molecule has 0 N–H and O–H groups in total. The first-order chi connectivity index (χ1) is 17.0. The molecule has 35 heavy (non-hydrogen) atoms. The summed E-state index contributed by atoms with van der Waals surface area (Å²) >= 11 is 5.97. The molecule has 1 aromatic carbocycles. The third-order valence-electron chi connectivity index (χ3n) is 7.42. The predicted molar refractivity (Wildman–Crippen MR) is 138 cm³/mol. The lowest BCUT2D eigenvalue weighted by Gasteiger charge is -2.47. The number of carbonyl (C=O) groups is 1. The number of benzene rings is 1. The zero-order valence-electron chi connectivity index (χ0n) is 20.2. The van der Waals surface area contributed by atoms with Crippen LogP contribution in [0.2, 0.25) is 5.02 Å². The molecule has 0 saturated carbocycles. The molecule has 9 heteroatoms. The van der Waals surface area contributed by atoms with Crippen molar-refractivity contribution in [1.29, 1.82) is 0 Å². The maximum absolute atomic E-state index is 12.9. The molecular formula is C26H31ClN6O2. The Balaban J connectivity index is 1.26. The Hall–Kier alpha value is -2.97. The molecule has 0 radical (unpaired) electrons. The molecule has 0 bridgehead atoms. The first kappa shape index (κ1) is 23.8. The van der Waals surface area contributed by atoms with Crippen LogP contribution in [0.5, 0.6) is 0 Å². The molecule has 2 aliphatic heterocycles. The number of likely N-dealkylation sites (tertiary alicyclic amines) is 1. The number of halogens is 1. The van der Waals surface area contributed by atoms with Gasteiger partial charge in [0.2, 0.25) is 5.95 Å². The number of piperazine rings is 1. The Bertz CT molecular complexity index is 1270. The first-order valence-electron chi connectivity index (χ1n) is 12.3. The lowest BCUT2D eigenvalue weighted by molar-refractivity contribution is 0.0489. The molecule has 4 heterocycles. The summed E-state index contributed by atoms with van der Waals surface area (Å²) in [7, 11) is 1.79. The summed E-state index contributed by atoms with van der Waals surface area (Å²) < 4.78 is 1.65. The SMILES string of the molecule is CC[C@H]1CN(c2nc3ncccc3c(=O)n2C)CCN1C1CCN(C(=O)c2ccc(Cl)cc2)CC1. The third kappa shape index (κ3) is 4.65. The Morgan fingerprint density at radius 2 is 1.83 bits per heavy atom. The molecule has 2 aliphatic rings. The van der Waals surface area contributed by atoms with Crippen molar-refractivity contribution >= 4 is 34.5 Å². The van der Waals surface area contributed by atoms with Gasteiger partial charge in [-0.2, -0.15) is 4.98 Å². The highest BCUT2D eigenvalue weighted by atomic mass is 35.5. The largest absolute Gasteiger partial charge is 0.339 e. The summed E-state index contributed by atoms with van der Waals surface area (Å²) in [5, 5.41) is 1.18. The number of piperidine rings is 1. The van der Waals surface area contributed by atoms with Crippen molar-refractivity contribution in [3.63, 3.8) is 0 Å². The van der Waals surface area contributed by atoms with E-state index < -0.39 is 0 Å². The molecule has 0 aliphatic carbocycles. The van der Waals surface area contributed by atoms with Crippen molar-refractivity contribution in [2.24, 2.45) is 7.05 Å². The second-order valence-electron chi connectivity index (χ2n) is 9.43. The van der Waals surface area contributed by atoms with Gasteiger partial charge in [-0.25, -0.2) is 4.98 Å². The van der Waals surface area contributed by atoms with Crippen LogP contribution in [-0.4, -0.2) is 75.0 Å². The Labute approximate surface area is 210 Å². The second-order valence-corrected chi connectivity index (χ2v) is 9.86. The minimum absolute atomic E-state index is 0.0636. The third-order valence-corrected chi connectivity index (χ3v) is 7.67. The fraction of sp³-hybridized carbons (Fsp3) is 0.462. The Morgan fingerprint density at radius 1 is 1.09 bits per heavy atom. The van der Waals surface area contributed by atoms with Gasteiger partial charge in [0.25, 0.3) is 11.5 Å². The molecule has 1 atom stereocenters. The predicted octanol–water partition coefficient (Wildman–Crippen LogP) is 3.19. The number of carbonyl (C=O) groups excluding carboxylic acids is 1. The molecule has 2 saturated heterocycles. The van der Waals surface area contributed by atoms with Crippen LogP contribution in [0.4, 0.5) is 5.95 Å². The van der Waals surface area contributed by atoms with E-state index in [4.69, 9.17) is 16.6 Å². The monoisotopic (exact) mass is 494 g/mol. The van der Waals surface area contributed by atoms with Crippen molar-refractivity contribution in [2.45, 2.75) is 38.3 Å². The van der Waals surface area contributed by atoms with Crippen molar-refractivity contribution in [2.75, 3.05) is 37.6 Å². The number of hydrogen-bond acceptors (Lipinski definition) is 6. The van der Waals surface area contributed by atoms with E-state index in [1.54, 1.807) is 54.2 Å². The Kier molecular flexibility index (Phi) is 6.75. The number of rotatable bonds is 4. The van der Waals surface area contributed by atoms with E-state index in [0.717, 1.165) is 52.0 Å². The quantitative estimate of drug-likeness (QED) is 0.554. The number of nitrogens with zero attached hydrogens (tertiary/aromatic N) is 6. The van der Waals surface area contributed by atoms with Crippen LogP contribution in [0.25, 0.3) is 11.0 Å². The zero-order valence-corrected chi connectivity index (χ0v) is 21.0. The van der Waals surface area contributed by atoms with Gasteiger partial charge in [0.15, 0.2) is 5.65 Å². The summed E-state index contributed by atoms with van der Waals surface area (Å²) in [6.07, 6.45) is 4.62. The molecule has 0 unspecified atom stereocenters. The molecule has 5 rings (SSSR count). The fourth-order valence-electron chi connectivity index (χ4n) is 5.45. The van der Waals surface area contributed by atoms with Crippen LogP contribution >= 0.6 is 11.6 Å². The van der Waals surface area contributed by atoms with Crippen LogP contribution in [-0.2, 0) is 7.05 Å². The number of aromatic nitrogens is 3. The average molecular weight is 495 g/mol. The lowest BCUT2D eigenvalue weighted by Crippen LogP contribution is -2.59. The van der Waals surface area contributed by atoms with Crippen molar-refractivity contribution in [3.8, 4) is 0 Å². The molecule has 2 fully saturated rings. The molecule has 1 amide bonds. The van der Waals surface area contributed by atoms with Gasteiger partial charge in [-0.15, -0.1) is 0 Å². The topological polar surface area (TPSA) is 74.6 Å². The van der Waals surface area contributed by atoms with E-state index in [1.165, 1.54) is 0 Å². The van der Waals surface area contributed by atoms with Crippen molar-refractivity contribution < 1.29 is 4.79 Å². The van der Waals surface area contributed by atoms with Crippen LogP contribution in [0.3, 0.4) is 0 Å². The van der Waals surface area contributed by atoms with Gasteiger partial charge >= 0.3 is 0 Å². The second kappa shape index (κ2) is 9.95. The highest BCUT2D eigenvalue weighted by Crippen LogP contribution is 2.26. The first-order valence-corrected chi connectivity index (χ1v) is 12.7. The molecule has 184 valence electrons. The molecule has 3 aromatic rings. The molecule has 0 spiro atoms. The van der Waals surface area contributed by atoms with Crippen LogP contribution in [0.15, 0.2) is 47.4 Å². The molecule has 2 aromatic heterocycles. The van der Waals surface area contributed by atoms with E-state index >= 15 is 0 Å². The van der Waals surface area contributed by atoms with Gasteiger partial charge < -0.3 is 9.80 Å². The number of pyridine rings is 1. The highest BCUT2D eigenvalue weighted by molar-refractivity contribution is 6.30. The van der Waals surface area contributed by atoms with E-state index in [-0.39, 0.29) is 11.5 Å². The fourth-order valence-corrected chi connectivity index (χ4v) is 5.57. The molecule has 8 nitrogen and oxygen atoms in total. The van der Waals surface area contributed by atoms with Gasteiger partial charge in [-0.3, -0.25) is 19.1 Å². The van der Waals surface area contributed by atoms with E-state index in [9.17, 15) is 9.59 Å². The standard InChI is InChI=1S/C26H31ClN6O2/c1-3-20-17-32(26-29-23-22(5-4-12-28-23)25(35)30(26)2)15-16-33(20)21-10-13-31(14-11-21)24(34)18-6-8-19(27)9-7-18/h4-9,12,20-21H,3,10-11,13-17H2,1-2H3/t20-/m0/s1. The molecular weight excluding hydrogens is 464 g/mol. The van der Waals surface area contributed by atoms with Gasteiger partial charge in [0, 0.05) is 68.6 Å². The highest BCUT2D eigenvalue weighted by Gasteiger charge is 2.35. The number of anilines is 1. The van der Waals surface area contributed by atoms with Gasteiger partial charge in [-0.1, -0.05) is 18.5 Å². The van der Waals surface area contributed by atoms with E-state index in [1.807, 2.05) is 4.90 Å². The minimum Gasteiger partial charge on any atom is -0.339 e. The summed E-state index contributed by atoms with van der Waals surface area (Å²) in [6, 6.07) is 11.5. The van der Waals surface area contributed by atoms with E-state index in [2.05, 4.69) is 21.7 Å². The smallest absolute Gasteiger partial charge is 0.264 e. The summed E-state index contributed by atoms with van der Waals surface area (Å²) in [4.78, 5) is 41.6. The minimum atomic E-state index is -0.0636. The summed E-state index contributed by atoms with van der Waals surface area (Å²) in [5.41, 5.74) is 1.13. The van der Waals surface area contributed by atoms with Crippen LogP contribution in [0.1, 0.15) is 36.5 Å². The van der Waals surface area contributed by atoms with Gasteiger partial charge in [-0.05, 0) is 55.7 Å². The maximum Gasteiger partial charge on any atom is 0.264 e. The summed E-state index contributed by atoms with van der Waals surface area (Å²) in [5.74, 6) is 0.761. The maximum atomic E-state index is 12.9.